The molecule has 0 fully saturated rings. The highest BCUT2D eigenvalue weighted by Crippen LogP contribution is 2.21. The molecule has 0 saturated carbocycles. The van der Waals surface area contributed by atoms with Gasteiger partial charge in [-0.3, -0.25) is 19.5 Å². The Hall–Kier alpha value is -3.13. The van der Waals surface area contributed by atoms with Gasteiger partial charge in [0, 0.05) is 6.54 Å². The number of nitrogens with zero attached hydrogens (tertiary/aromatic N) is 2. The first-order valence-corrected chi connectivity index (χ1v) is 10.8. The van der Waals surface area contributed by atoms with Crippen LogP contribution in [0.15, 0.2) is 58.5 Å². The van der Waals surface area contributed by atoms with Gasteiger partial charge >= 0.3 is 6.03 Å². The molecule has 0 aliphatic rings. The lowest BCUT2D eigenvalue weighted by Gasteiger charge is -2.13. The zero-order valence-electron chi connectivity index (χ0n) is 17.0. The Morgan fingerprint density at radius 2 is 1.80 bits per heavy atom. The Morgan fingerprint density at radius 1 is 1.07 bits per heavy atom. The number of para-hydroxylation sites is 1. The summed E-state index contributed by atoms with van der Waals surface area (Å²) in [5, 5.41) is 5.78. The second-order valence-corrected chi connectivity index (χ2v) is 7.61. The Morgan fingerprint density at radius 3 is 2.50 bits per heavy atom. The number of nitrogens with one attached hydrogen (secondary N) is 2. The maximum absolute atomic E-state index is 13.2. The third-order valence-corrected chi connectivity index (χ3v) is 5.41. The van der Waals surface area contributed by atoms with Gasteiger partial charge < -0.3 is 5.32 Å². The van der Waals surface area contributed by atoms with Crippen molar-refractivity contribution in [1.29, 1.82) is 0 Å². The summed E-state index contributed by atoms with van der Waals surface area (Å²) in [7, 11) is 0. The van der Waals surface area contributed by atoms with Gasteiger partial charge in [-0.15, -0.1) is 0 Å². The van der Waals surface area contributed by atoms with Crippen LogP contribution in [0.3, 0.4) is 0 Å². The van der Waals surface area contributed by atoms with Crippen LogP contribution in [0.25, 0.3) is 16.6 Å². The number of hydrogen-bond donors (Lipinski definition) is 2. The highest BCUT2D eigenvalue weighted by Gasteiger charge is 2.15. The molecule has 0 unspecified atom stereocenters. The maximum Gasteiger partial charge on any atom is 0.321 e. The summed E-state index contributed by atoms with van der Waals surface area (Å²) in [5.74, 6) is -0.499. The van der Waals surface area contributed by atoms with Crippen molar-refractivity contribution in [1.82, 2.24) is 20.2 Å². The highest BCUT2D eigenvalue weighted by molar-refractivity contribution is 7.99. The molecule has 2 aromatic carbocycles. The minimum absolute atomic E-state index is 0.0443. The molecular weight excluding hydrogens is 400 g/mol. The van der Waals surface area contributed by atoms with Crippen molar-refractivity contribution >= 4 is 34.6 Å². The summed E-state index contributed by atoms with van der Waals surface area (Å²) in [6, 6.07) is 14.3. The lowest BCUT2D eigenvalue weighted by atomic mass is 10.1. The van der Waals surface area contributed by atoms with Crippen LogP contribution >= 0.6 is 11.8 Å². The van der Waals surface area contributed by atoms with Gasteiger partial charge in [0.05, 0.1) is 22.3 Å². The highest BCUT2D eigenvalue weighted by atomic mass is 32.2. The monoisotopic (exact) mass is 424 g/mol. The molecule has 0 atom stereocenters. The van der Waals surface area contributed by atoms with Crippen molar-refractivity contribution in [2.24, 2.45) is 0 Å². The van der Waals surface area contributed by atoms with Crippen molar-refractivity contribution in [3.05, 3.63) is 64.4 Å². The standard InChI is InChI=1S/C22H24N4O3S/c1-3-13-23-21(29)25-19(27)14-30-22-24-18-8-6-5-7-17(18)20(28)26(22)16-11-9-15(4-2)10-12-16/h5-12H,3-4,13-14H2,1-2H3,(H2,23,25,27,29). The number of thioether (sulfide) groups is 1. The number of imide groups is 1. The van der Waals surface area contributed by atoms with Crippen LogP contribution in [0.5, 0.6) is 0 Å². The molecular formula is C22H24N4O3S. The lowest BCUT2D eigenvalue weighted by Crippen LogP contribution is -2.40. The number of amides is 3. The molecule has 0 aliphatic carbocycles. The topological polar surface area (TPSA) is 93.1 Å². The minimum atomic E-state index is -0.526. The zero-order valence-corrected chi connectivity index (χ0v) is 17.8. The van der Waals surface area contributed by atoms with Crippen molar-refractivity contribution in [2.75, 3.05) is 12.3 Å². The summed E-state index contributed by atoms with van der Waals surface area (Å²) < 4.78 is 1.51. The smallest absolute Gasteiger partial charge is 0.321 e. The second-order valence-electron chi connectivity index (χ2n) is 6.66. The molecule has 1 aromatic heterocycles. The SMILES string of the molecule is CCCNC(=O)NC(=O)CSc1nc2ccccc2c(=O)n1-c1ccc(CC)cc1. The first kappa shape index (κ1) is 21.6. The molecule has 7 nitrogen and oxygen atoms in total. The van der Waals surface area contributed by atoms with Crippen molar-refractivity contribution < 1.29 is 9.59 Å². The number of aryl methyl sites for hydroxylation is 1. The molecule has 3 aromatic rings. The van der Waals surface area contributed by atoms with Gasteiger partial charge in [0.2, 0.25) is 5.91 Å². The van der Waals surface area contributed by atoms with Crippen LogP contribution in [0.4, 0.5) is 4.79 Å². The maximum atomic E-state index is 13.2. The van der Waals surface area contributed by atoms with Gasteiger partial charge in [0.25, 0.3) is 5.56 Å². The molecule has 8 heteroatoms. The Kier molecular flexibility index (Phi) is 7.24. The predicted molar refractivity (Wildman–Crippen MR) is 119 cm³/mol. The van der Waals surface area contributed by atoms with Crippen molar-refractivity contribution in [2.45, 2.75) is 31.8 Å². The van der Waals surface area contributed by atoms with Crippen LogP contribution in [0, 0.1) is 0 Å². The van der Waals surface area contributed by atoms with E-state index in [0.29, 0.717) is 28.3 Å². The van der Waals surface area contributed by atoms with E-state index in [1.54, 1.807) is 18.2 Å². The molecule has 3 amide bonds. The first-order chi connectivity index (χ1) is 14.5. The van der Waals surface area contributed by atoms with Gasteiger partial charge in [0.1, 0.15) is 0 Å². The van der Waals surface area contributed by atoms with Crippen molar-refractivity contribution in [3.8, 4) is 5.69 Å². The number of urea groups is 1. The predicted octanol–water partition coefficient (Wildman–Crippen LogP) is 3.28. The minimum Gasteiger partial charge on any atom is -0.338 e. The van der Waals surface area contributed by atoms with Gasteiger partial charge in [-0.05, 0) is 42.7 Å². The average molecular weight is 425 g/mol. The summed E-state index contributed by atoms with van der Waals surface area (Å²) in [6.07, 6.45) is 1.67. The van der Waals surface area contributed by atoms with Gasteiger partial charge in [0.15, 0.2) is 5.16 Å². The fourth-order valence-electron chi connectivity index (χ4n) is 2.89. The molecule has 0 spiro atoms. The molecule has 0 bridgehead atoms. The quantitative estimate of drug-likeness (QED) is 0.449. The van der Waals surface area contributed by atoms with Crippen LogP contribution < -0.4 is 16.2 Å². The first-order valence-electron chi connectivity index (χ1n) is 9.85. The third kappa shape index (κ3) is 5.07. The fraction of sp³-hybridized carbons (Fsp3) is 0.273. The third-order valence-electron chi connectivity index (χ3n) is 4.47. The van der Waals surface area contributed by atoms with Gasteiger partial charge in [-0.1, -0.05) is 49.9 Å². The zero-order chi connectivity index (χ0) is 21.5. The molecule has 30 heavy (non-hydrogen) atoms. The van der Waals surface area contributed by atoms with E-state index in [9.17, 15) is 14.4 Å². The van der Waals surface area contributed by atoms with E-state index in [4.69, 9.17) is 0 Å². The lowest BCUT2D eigenvalue weighted by molar-refractivity contribution is -0.117. The summed E-state index contributed by atoms with van der Waals surface area (Å²) in [6.45, 7) is 4.48. The van der Waals surface area contributed by atoms with Crippen LogP contribution in [-0.4, -0.2) is 33.8 Å². The van der Waals surface area contributed by atoms with E-state index >= 15 is 0 Å². The molecule has 1 heterocycles. The van der Waals surface area contributed by atoms with E-state index in [2.05, 4.69) is 22.5 Å². The van der Waals surface area contributed by atoms with Crippen molar-refractivity contribution in [3.63, 3.8) is 0 Å². The van der Waals surface area contributed by atoms with Crippen LogP contribution in [-0.2, 0) is 11.2 Å². The second kappa shape index (κ2) is 10.1. The molecule has 156 valence electrons. The fourth-order valence-corrected chi connectivity index (χ4v) is 3.71. The molecule has 3 rings (SSSR count). The summed E-state index contributed by atoms with van der Waals surface area (Å²) >= 11 is 1.11. The van der Waals surface area contributed by atoms with E-state index in [1.807, 2.05) is 37.3 Å². The van der Waals surface area contributed by atoms with Crippen LogP contribution in [0.1, 0.15) is 25.8 Å². The molecule has 0 saturated heterocycles. The van der Waals surface area contributed by atoms with Crippen LogP contribution in [0.2, 0.25) is 0 Å². The Bertz CT molecular complexity index is 1110. The van der Waals surface area contributed by atoms with E-state index in [0.717, 1.165) is 30.2 Å². The average Bonchev–Trinajstić information content (AvgIpc) is 2.76. The molecule has 0 radical (unpaired) electrons. The normalized spacial score (nSPS) is 10.7. The number of aromatic nitrogens is 2. The summed E-state index contributed by atoms with van der Waals surface area (Å²) in [4.78, 5) is 41.6. The number of carbonyl (C=O) groups excluding carboxylic acids is 2. The molecule has 0 aliphatic heterocycles. The number of rotatable bonds is 7. The summed E-state index contributed by atoms with van der Waals surface area (Å²) in [5.41, 5.74) is 2.20. The Balaban J connectivity index is 1.91. The van der Waals surface area contributed by atoms with E-state index in [1.165, 1.54) is 4.57 Å². The van der Waals surface area contributed by atoms with Gasteiger partial charge in [-0.2, -0.15) is 0 Å². The van der Waals surface area contributed by atoms with E-state index < -0.39 is 11.9 Å². The Labute approximate surface area is 178 Å². The number of benzene rings is 2. The number of carbonyl (C=O) groups is 2. The number of fused-ring (bicyclic) bond motifs is 1. The number of hydrogen-bond acceptors (Lipinski definition) is 5. The van der Waals surface area contributed by atoms with E-state index in [-0.39, 0.29) is 11.3 Å². The molecule has 2 N–H and O–H groups in total. The van der Waals surface area contributed by atoms with Gasteiger partial charge in [-0.25, -0.2) is 9.78 Å². The largest absolute Gasteiger partial charge is 0.338 e.